The first-order chi connectivity index (χ1) is 13.4. The Hall–Kier alpha value is -2.79. The zero-order valence-corrected chi connectivity index (χ0v) is 16.8. The number of urea groups is 1. The van der Waals surface area contributed by atoms with Crippen LogP contribution in [0, 0.1) is 3.57 Å². The minimum absolute atomic E-state index is 0.0538. The van der Waals surface area contributed by atoms with Gasteiger partial charge in [0.1, 0.15) is 0 Å². The molecule has 2 heterocycles. The molecule has 3 aromatic rings. The molecule has 2 aromatic carbocycles. The molecule has 0 spiro atoms. The van der Waals surface area contributed by atoms with E-state index in [2.05, 4.69) is 32.6 Å². The third-order valence-corrected chi connectivity index (χ3v) is 4.83. The number of barbiturate groups is 1. The molecule has 1 aliphatic rings. The number of hydrogen-bond acceptors (Lipinski definition) is 6. The maximum atomic E-state index is 12.0. The van der Waals surface area contributed by atoms with Crippen molar-refractivity contribution in [3.8, 4) is 17.3 Å². The Morgan fingerprint density at radius 2 is 1.64 bits per heavy atom. The van der Waals surface area contributed by atoms with E-state index in [4.69, 9.17) is 16.3 Å². The summed E-state index contributed by atoms with van der Waals surface area (Å²) >= 11 is 8.05. The Kier molecular flexibility index (Phi) is 4.85. The second-order valence-electron chi connectivity index (χ2n) is 5.83. The van der Waals surface area contributed by atoms with Crippen LogP contribution in [0.2, 0.25) is 5.02 Å². The average Bonchev–Trinajstić information content (AvgIpc) is 2.65. The molecule has 0 saturated carbocycles. The highest BCUT2D eigenvalue weighted by molar-refractivity contribution is 14.1. The van der Waals surface area contributed by atoms with E-state index in [1.807, 2.05) is 16.7 Å². The highest BCUT2D eigenvalue weighted by atomic mass is 127. The molecule has 0 radical (unpaired) electrons. The quantitative estimate of drug-likeness (QED) is 0.416. The molecule has 1 saturated heterocycles. The summed E-state index contributed by atoms with van der Waals surface area (Å²) in [6.45, 7) is 0. The normalized spacial score (nSPS) is 14.7. The molecule has 0 unspecified atom stereocenters. The molecule has 1 fully saturated rings. The van der Waals surface area contributed by atoms with Crippen LogP contribution in [-0.4, -0.2) is 33.9 Å². The molecule has 0 bridgehead atoms. The molecule has 10 heteroatoms. The van der Waals surface area contributed by atoms with E-state index in [1.165, 1.54) is 0 Å². The summed E-state index contributed by atoms with van der Waals surface area (Å²) < 4.78 is 6.52. The monoisotopic (exact) mass is 508 g/mol. The lowest BCUT2D eigenvalue weighted by Gasteiger charge is -2.21. The Bertz CT molecular complexity index is 1120. The fourth-order valence-corrected chi connectivity index (χ4v) is 3.23. The highest BCUT2D eigenvalue weighted by Crippen LogP contribution is 2.29. The van der Waals surface area contributed by atoms with E-state index in [9.17, 15) is 14.4 Å². The molecule has 2 N–H and O–H groups in total. The van der Waals surface area contributed by atoms with Gasteiger partial charge in [-0.2, -0.15) is 4.98 Å². The lowest BCUT2D eigenvalue weighted by atomic mass is 10.2. The number of rotatable bonds is 3. The molecule has 8 nitrogen and oxygen atoms in total. The number of amides is 4. The van der Waals surface area contributed by atoms with Crippen LogP contribution in [0.25, 0.3) is 22.3 Å². The molecule has 140 valence electrons. The number of fused-ring (bicyclic) bond motifs is 1. The summed E-state index contributed by atoms with van der Waals surface area (Å²) in [6.07, 6.45) is -1.55. The number of halogens is 2. The first-order valence-corrected chi connectivity index (χ1v) is 9.42. The fraction of sp³-hybridized carbons (Fsp3) is 0.0556. The summed E-state index contributed by atoms with van der Waals surface area (Å²) in [7, 11) is 0. The van der Waals surface area contributed by atoms with Gasteiger partial charge in [0.15, 0.2) is 5.82 Å². The minimum Gasteiger partial charge on any atom is -0.453 e. The van der Waals surface area contributed by atoms with Crippen molar-refractivity contribution in [3.05, 3.63) is 51.1 Å². The van der Waals surface area contributed by atoms with Crippen molar-refractivity contribution in [2.75, 3.05) is 0 Å². The Balaban J connectivity index is 1.82. The first-order valence-electron chi connectivity index (χ1n) is 7.96. The van der Waals surface area contributed by atoms with Gasteiger partial charge >= 0.3 is 6.03 Å². The molecular weight excluding hydrogens is 499 g/mol. The first kappa shape index (κ1) is 18.6. The van der Waals surface area contributed by atoms with Crippen LogP contribution >= 0.6 is 34.2 Å². The molecule has 1 aliphatic heterocycles. The number of carbonyl (C=O) groups excluding carboxylic acids is 3. The fourth-order valence-electron chi connectivity index (χ4n) is 2.61. The summed E-state index contributed by atoms with van der Waals surface area (Å²) in [4.78, 5) is 44.3. The van der Waals surface area contributed by atoms with Crippen LogP contribution in [0.15, 0.2) is 42.5 Å². The van der Waals surface area contributed by atoms with Crippen LogP contribution in [-0.2, 0) is 9.59 Å². The van der Waals surface area contributed by atoms with Gasteiger partial charge in [0.25, 0.3) is 17.9 Å². The second-order valence-corrected chi connectivity index (χ2v) is 7.51. The zero-order chi connectivity index (χ0) is 19.8. The summed E-state index contributed by atoms with van der Waals surface area (Å²) in [6, 6.07) is 11.4. The van der Waals surface area contributed by atoms with E-state index in [1.54, 1.807) is 36.4 Å². The maximum Gasteiger partial charge on any atom is 0.328 e. The number of nitrogens with one attached hydrogen (secondary N) is 2. The molecule has 4 rings (SSSR count). The number of imide groups is 2. The number of benzene rings is 2. The standard InChI is InChI=1S/C18H10ClIN4O4/c19-9-3-1-8(2-4-9)14-21-12-6-5-10(20)7-11(12)17(22-14)28-13-15(25)23-18(27)24-16(13)26/h1-7,13H,(H2,23,24,25,26,27). The van der Waals surface area contributed by atoms with Crippen molar-refractivity contribution in [1.29, 1.82) is 0 Å². The largest absolute Gasteiger partial charge is 0.453 e. The molecule has 4 amide bonds. The average molecular weight is 509 g/mol. The van der Waals surface area contributed by atoms with E-state index in [0.29, 0.717) is 27.3 Å². The minimum atomic E-state index is -1.55. The van der Waals surface area contributed by atoms with Crippen LogP contribution in [0.1, 0.15) is 0 Å². The second kappa shape index (κ2) is 7.32. The van der Waals surface area contributed by atoms with E-state index in [0.717, 1.165) is 3.57 Å². The lowest BCUT2D eigenvalue weighted by Crippen LogP contribution is -2.60. The Morgan fingerprint density at radius 3 is 2.32 bits per heavy atom. The van der Waals surface area contributed by atoms with Crippen LogP contribution in [0.5, 0.6) is 5.88 Å². The van der Waals surface area contributed by atoms with Gasteiger partial charge in [-0.25, -0.2) is 9.78 Å². The molecule has 0 aliphatic carbocycles. The van der Waals surface area contributed by atoms with Gasteiger partial charge in [-0.05, 0) is 65.1 Å². The van der Waals surface area contributed by atoms with Gasteiger partial charge < -0.3 is 4.74 Å². The molecule has 0 atom stereocenters. The summed E-state index contributed by atoms with van der Waals surface area (Å²) in [5.74, 6) is -1.33. The predicted octanol–water partition coefficient (Wildman–Crippen LogP) is 2.67. The van der Waals surface area contributed by atoms with Gasteiger partial charge in [-0.15, -0.1) is 0 Å². The maximum absolute atomic E-state index is 12.0. The van der Waals surface area contributed by atoms with Crippen molar-refractivity contribution in [1.82, 2.24) is 20.6 Å². The van der Waals surface area contributed by atoms with Crippen LogP contribution < -0.4 is 15.4 Å². The van der Waals surface area contributed by atoms with E-state index >= 15 is 0 Å². The van der Waals surface area contributed by atoms with Crippen molar-refractivity contribution in [3.63, 3.8) is 0 Å². The lowest BCUT2D eigenvalue weighted by molar-refractivity contribution is -0.139. The topological polar surface area (TPSA) is 110 Å². The van der Waals surface area contributed by atoms with Crippen molar-refractivity contribution in [2.24, 2.45) is 0 Å². The van der Waals surface area contributed by atoms with Crippen molar-refractivity contribution < 1.29 is 19.1 Å². The van der Waals surface area contributed by atoms with Gasteiger partial charge in [-0.3, -0.25) is 20.2 Å². The number of carbonyl (C=O) groups is 3. The van der Waals surface area contributed by atoms with Gasteiger partial charge in [0.05, 0.1) is 10.9 Å². The highest BCUT2D eigenvalue weighted by Gasteiger charge is 2.37. The summed E-state index contributed by atoms with van der Waals surface area (Å²) in [5.41, 5.74) is 1.26. The third kappa shape index (κ3) is 3.62. The third-order valence-electron chi connectivity index (χ3n) is 3.90. The van der Waals surface area contributed by atoms with Gasteiger partial charge in [0.2, 0.25) is 5.88 Å². The van der Waals surface area contributed by atoms with E-state index in [-0.39, 0.29) is 5.88 Å². The molecular formula is C18H10ClIN4O4. The number of hydrogen-bond donors (Lipinski definition) is 2. The number of ether oxygens (including phenoxy) is 1. The smallest absolute Gasteiger partial charge is 0.328 e. The number of nitrogens with zero attached hydrogens (tertiary/aromatic N) is 2. The van der Waals surface area contributed by atoms with Gasteiger partial charge in [0, 0.05) is 14.2 Å². The molecule has 28 heavy (non-hydrogen) atoms. The van der Waals surface area contributed by atoms with E-state index < -0.39 is 23.9 Å². The predicted molar refractivity (Wildman–Crippen MR) is 109 cm³/mol. The van der Waals surface area contributed by atoms with Crippen molar-refractivity contribution >= 4 is 62.9 Å². The Morgan fingerprint density at radius 1 is 0.964 bits per heavy atom. The Labute approximate surface area is 176 Å². The summed E-state index contributed by atoms with van der Waals surface area (Å²) in [5, 5.41) is 5.09. The zero-order valence-electron chi connectivity index (χ0n) is 13.9. The van der Waals surface area contributed by atoms with Gasteiger partial charge in [-0.1, -0.05) is 11.6 Å². The molecule has 1 aromatic heterocycles. The number of aromatic nitrogens is 2. The van der Waals surface area contributed by atoms with Crippen molar-refractivity contribution in [2.45, 2.75) is 6.10 Å². The van der Waals surface area contributed by atoms with Crippen LogP contribution in [0.4, 0.5) is 4.79 Å². The van der Waals surface area contributed by atoms with Crippen LogP contribution in [0.3, 0.4) is 0 Å². The SMILES string of the molecule is O=C1NC(=O)C(Oc2nc(-c3ccc(Cl)cc3)nc3ccc(I)cc23)C(=O)N1.